The van der Waals surface area contributed by atoms with Gasteiger partial charge in [-0.2, -0.15) is 0 Å². The minimum absolute atomic E-state index is 0.0724. The third-order valence-corrected chi connectivity index (χ3v) is 6.75. The highest BCUT2D eigenvalue weighted by Gasteiger charge is 2.23. The molecule has 1 fully saturated rings. The van der Waals surface area contributed by atoms with Crippen molar-refractivity contribution in [2.75, 3.05) is 26.3 Å². The molecule has 1 atom stereocenters. The molecule has 2 aliphatic rings. The van der Waals surface area contributed by atoms with Gasteiger partial charge < -0.3 is 10.1 Å². The van der Waals surface area contributed by atoms with Gasteiger partial charge in [0.1, 0.15) is 0 Å². The normalized spacial score (nSPS) is 20.3. The number of ether oxygens (including phenoxy) is 1. The van der Waals surface area contributed by atoms with Crippen molar-refractivity contribution in [2.45, 2.75) is 39.3 Å². The Morgan fingerprint density at radius 2 is 2.04 bits per heavy atom. The number of morpholine rings is 1. The average molecular weight is 385 g/mol. The summed E-state index contributed by atoms with van der Waals surface area (Å²) in [6, 6.07) is 8.43. The molecule has 27 heavy (non-hydrogen) atoms. The molecule has 2 heterocycles. The van der Waals surface area contributed by atoms with Gasteiger partial charge in [-0.05, 0) is 41.9 Å². The molecule has 0 radical (unpaired) electrons. The van der Waals surface area contributed by atoms with Gasteiger partial charge in [0.2, 0.25) is 0 Å². The van der Waals surface area contributed by atoms with E-state index >= 15 is 0 Å². The van der Waals surface area contributed by atoms with Gasteiger partial charge in [0.15, 0.2) is 0 Å². The number of carbonyl (C=O) groups is 1. The van der Waals surface area contributed by atoms with Gasteiger partial charge in [-0.1, -0.05) is 31.2 Å². The summed E-state index contributed by atoms with van der Waals surface area (Å²) >= 11 is 1.75. The van der Waals surface area contributed by atoms with Crippen molar-refractivity contribution in [3.05, 3.63) is 56.8 Å². The highest BCUT2D eigenvalue weighted by molar-refractivity contribution is 7.10. The lowest BCUT2D eigenvalue weighted by Crippen LogP contribution is -2.36. The molecular weight excluding hydrogens is 356 g/mol. The quantitative estimate of drug-likeness (QED) is 0.856. The monoisotopic (exact) mass is 384 g/mol. The molecule has 1 aromatic carbocycles. The molecule has 4 rings (SSSR count). The smallest absolute Gasteiger partial charge is 0.252 e. The van der Waals surface area contributed by atoms with Crippen molar-refractivity contribution in [1.29, 1.82) is 0 Å². The highest BCUT2D eigenvalue weighted by Crippen LogP contribution is 2.32. The molecule has 1 aliphatic heterocycles. The predicted octanol–water partition coefficient (Wildman–Crippen LogP) is 3.64. The van der Waals surface area contributed by atoms with Gasteiger partial charge in [0, 0.05) is 36.4 Å². The Labute approximate surface area is 165 Å². The molecule has 4 nitrogen and oxygen atoms in total. The molecule has 5 heteroatoms. The minimum atomic E-state index is 0.0724. The first-order valence-corrected chi connectivity index (χ1v) is 10.8. The molecule has 0 saturated carbocycles. The average Bonchev–Trinajstić information content (AvgIpc) is 3.11. The van der Waals surface area contributed by atoms with Gasteiger partial charge in [0.05, 0.1) is 18.8 Å². The van der Waals surface area contributed by atoms with Crippen LogP contribution in [0.4, 0.5) is 0 Å². The molecule has 1 saturated heterocycles. The molecule has 0 spiro atoms. The van der Waals surface area contributed by atoms with E-state index in [-0.39, 0.29) is 5.91 Å². The van der Waals surface area contributed by atoms with E-state index in [4.69, 9.17) is 4.74 Å². The van der Waals surface area contributed by atoms with Crippen LogP contribution in [0.25, 0.3) is 0 Å². The molecule has 1 aromatic heterocycles. The zero-order valence-corrected chi connectivity index (χ0v) is 16.8. The number of nitrogens with one attached hydrogen (secondary N) is 1. The van der Waals surface area contributed by atoms with E-state index in [1.807, 2.05) is 0 Å². The minimum Gasteiger partial charge on any atom is -0.379 e. The van der Waals surface area contributed by atoms with E-state index in [0.29, 0.717) is 6.54 Å². The van der Waals surface area contributed by atoms with E-state index in [2.05, 4.69) is 46.8 Å². The SMILES string of the molecule is CC1CCc2c(C(=O)NCc3ccccc3CN3CCOCC3)csc2C1. The fraction of sp³-hybridized carbons (Fsp3) is 0.500. The van der Waals surface area contributed by atoms with Crippen molar-refractivity contribution in [3.63, 3.8) is 0 Å². The Morgan fingerprint density at radius 1 is 1.26 bits per heavy atom. The third-order valence-electron chi connectivity index (χ3n) is 5.70. The van der Waals surface area contributed by atoms with Crippen LogP contribution in [0, 0.1) is 5.92 Å². The lowest BCUT2D eigenvalue weighted by molar-refractivity contribution is 0.0340. The van der Waals surface area contributed by atoms with Crippen LogP contribution >= 0.6 is 11.3 Å². The zero-order valence-electron chi connectivity index (χ0n) is 16.0. The standard InChI is InChI=1S/C22H28N2O2S/c1-16-6-7-19-20(15-27-21(19)12-16)22(25)23-13-17-4-2-3-5-18(17)14-24-8-10-26-11-9-24/h2-5,15-16H,6-14H2,1H3,(H,23,25). The maximum Gasteiger partial charge on any atom is 0.252 e. The van der Waals surface area contributed by atoms with E-state index in [0.717, 1.165) is 57.2 Å². The summed E-state index contributed by atoms with van der Waals surface area (Å²) in [7, 11) is 0. The van der Waals surface area contributed by atoms with Crippen molar-refractivity contribution < 1.29 is 9.53 Å². The molecule has 144 valence electrons. The molecule has 1 amide bonds. The first-order valence-electron chi connectivity index (χ1n) is 9.95. The Hall–Kier alpha value is -1.69. The lowest BCUT2D eigenvalue weighted by Gasteiger charge is -2.27. The first kappa shape index (κ1) is 18.7. The summed E-state index contributed by atoms with van der Waals surface area (Å²) < 4.78 is 5.44. The zero-order chi connectivity index (χ0) is 18.6. The summed E-state index contributed by atoms with van der Waals surface area (Å²) in [6.07, 6.45) is 3.35. The molecule has 1 unspecified atom stereocenters. The highest BCUT2D eigenvalue weighted by atomic mass is 32.1. The topological polar surface area (TPSA) is 41.6 Å². The summed E-state index contributed by atoms with van der Waals surface area (Å²) in [5.41, 5.74) is 4.68. The van der Waals surface area contributed by atoms with Gasteiger partial charge in [-0.3, -0.25) is 9.69 Å². The second-order valence-corrected chi connectivity index (χ2v) is 8.70. The Balaban J connectivity index is 1.41. The fourth-order valence-electron chi connectivity index (χ4n) is 4.02. The molecule has 2 aromatic rings. The Bertz CT molecular complexity index is 795. The maximum atomic E-state index is 12.8. The number of fused-ring (bicyclic) bond motifs is 1. The lowest BCUT2D eigenvalue weighted by atomic mass is 9.88. The summed E-state index contributed by atoms with van der Waals surface area (Å²) in [5.74, 6) is 0.808. The van der Waals surface area contributed by atoms with Crippen LogP contribution in [-0.2, 0) is 30.7 Å². The summed E-state index contributed by atoms with van der Waals surface area (Å²) in [5, 5.41) is 5.22. The van der Waals surface area contributed by atoms with Crippen LogP contribution in [0.1, 0.15) is 45.3 Å². The first-order chi connectivity index (χ1) is 13.2. The fourth-order valence-corrected chi connectivity index (χ4v) is 5.27. The number of nitrogens with zero attached hydrogens (tertiary/aromatic N) is 1. The molecule has 1 N–H and O–H groups in total. The van der Waals surface area contributed by atoms with Gasteiger partial charge in [-0.15, -0.1) is 11.3 Å². The van der Waals surface area contributed by atoms with Gasteiger partial charge >= 0.3 is 0 Å². The van der Waals surface area contributed by atoms with Crippen molar-refractivity contribution in [1.82, 2.24) is 10.2 Å². The number of amides is 1. The van der Waals surface area contributed by atoms with Crippen LogP contribution in [0.3, 0.4) is 0 Å². The Morgan fingerprint density at radius 3 is 2.85 bits per heavy atom. The second kappa shape index (κ2) is 8.55. The predicted molar refractivity (Wildman–Crippen MR) is 109 cm³/mol. The summed E-state index contributed by atoms with van der Waals surface area (Å²) in [4.78, 5) is 16.6. The number of rotatable bonds is 5. The molecule has 0 bridgehead atoms. The maximum absolute atomic E-state index is 12.8. The van der Waals surface area contributed by atoms with E-state index in [1.54, 1.807) is 11.3 Å². The third kappa shape index (κ3) is 4.42. The number of carbonyl (C=O) groups excluding carboxylic acids is 1. The van der Waals surface area contributed by atoms with Crippen LogP contribution in [0.5, 0.6) is 0 Å². The van der Waals surface area contributed by atoms with Gasteiger partial charge in [0.25, 0.3) is 5.91 Å². The number of hydrogen-bond acceptors (Lipinski definition) is 4. The van der Waals surface area contributed by atoms with Gasteiger partial charge in [-0.25, -0.2) is 0 Å². The number of hydrogen-bond donors (Lipinski definition) is 1. The van der Waals surface area contributed by atoms with Crippen molar-refractivity contribution in [3.8, 4) is 0 Å². The van der Waals surface area contributed by atoms with Crippen LogP contribution in [0.15, 0.2) is 29.6 Å². The van der Waals surface area contributed by atoms with Crippen molar-refractivity contribution >= 4 is 17.2 Å². The molecular formula is C22H28N2O2S. The van der Waals surface area contributed by atoms with Crippen LogP contribution < -0.4 is 5.32 Å². The largest absolute Gasteiger partial charge is 0.379 e. The van der Waals surface area contributed by atoms with E-state index in [1.165, 1.54) is 28.0 Å². The molecule has 1 aliphatic carbocycles. The number of thiophene rings is 1. The van der Waals surface area contributed by atoms with Crippen molar-refractivity contribution in [2.24, 2.45) is 5.92 Å². The van der Waals surface area contributed by atoms with E-state index < -0.39 is 0 Å². The van der Waals surface area contributed by atoms with Crippen LogP contribution in [0.2, 0.25) is 0 Å². The number of benzene rings is 1. The van der Waals surface area contributed by atoms with E-state index in [9.17, 15) is 4.79 Å². The van der Waals surface area contributed by atoms with Crippen LogP contribution in [-0.4, -0.2) is 37.1 Å². The second-order valence-electron chi connectivity index (χ2n) is 7.74. The Kier molecular flexibility index (Phi) is 5.91. The summed E-state index contributed by atoms with van der Waals surface area (Å²) in [6.45, 7) is 7.36.